The summed E-state index contributed by atoms with van der Waals surface area (Å²) in [6.07, 6.45) is 0.939. The van der Waals surface area contributed by atoms with E-state index < -0.39 is 0 Å². The molecule has 1 heterocycles. The van der Waals surface area contributed by atoms with E-state index in [0.29, 0.717) is 11.4 Å². The first-order valence-electron chi connectivity index (χ1n) is 6.17. The van der Waals surface area contributed by atoms with Crippen molar-refractivity contribution >= 4 is 29.5 Å². The number of hydrogen-bond acceptors (Lipinski definition) is 3. The lowest BCUT2D eigenvalue weighted by atomic mass is 10.2. The van der Waals surface area contributed by atoms with E-state index in [1.807, 2.05) is 13.0 Å². The zero-order valence-corrected chi connectivity index (χ0v) is 11.0. The van der Waals surface area contributed by atoms with Gasteiger partial charge in [0.15, 0.2) is 0 Å². The van der Waals surface area contributed by atoms with Gasteiger partial charge >= 0.3 is 0 Å². The molecule has 5 heteroatoms. The number of Topliss-reactive ketones (excluding diaryl/α,β-unsaturated/α-hetero) is 1. The van der Waals surface area contributed by atoms with Gasteiger partial charge in [0.25, 0.3) is 0 Å². The average molecular weight is 260 g/mol. The van der Waals surface area contributed by atoms with Crippen molar-refractivity contribution in [1.82, 2.24) is 0 Å². The van der Waals surface area contributed by atoms with Gasteiger partial charge in [0, 0.05) is 12.5 Å². The number of ketones is 1. The minimum Gasteiger partial charge on any atom is -0.310 e. The first kappa shape index (κ1) is 13.3. The maximum absolute atomic E-state index is 12.2. The fourth-order valence-corrected chi connectivity index (χ4v) is 2.30. The van der Waals surface area contributed by atoms with E-state index in [1.54, 1.807) is 18.2 Å². The van der Waals surface area contributed by atoms with Crippen LogP contribution in [0.3, 0.4) is 0 Å². The number of carbonyl (C=O) groups excluding carboxylic acids is 3. The summed E-state index contributed by atoms with van der Waals surface area (Å²) >= 11 is 0. The second kappa shape index (κ2) is 5.22. The standard InChI is InChI=1S/C14H16N2O3/c1-10-7-14(19)15(8-11(2)18)12-5-3-4-6-13(12)16(10)9-17/h3-6,9-10H,7-8H2,1-2H3. The number of nitrogens with zero attached hydrogens (tertiary/aromatic N) is 2. The Labute approximate surface area is 111 Å². The van der Waals surface area contributed by atoms with Gasteiger partial charge in [-0.05, 0) is 26.0 Å². The summed E-state index contributed by atoms with van der Waals surface area (Å²) in [6, 6.07) is 6.92. The molecule has 0 radical (unpaired) electrons. The predicted molar refractivity (Wildman–Crippen MR) is 72.1 cm³/mol. The van der Waals surface area contributed by atoms with Crippen molar-refractivity contribution in [3.05, 3.63) is 24.3 Å². The van der Waals surface area contributed by atoms with Gasteiger partial charge in [-0.1, -0.05) is 12.1 Å². The Morgan fingerprint density at radius 3 is 2.58 bits per heavy atom. The van der Waals surface area contributed by atoms with Crippen LogP contribution in [0, 0.1) is 0 Å². The summed E-state index contributed by atoms with van der Waals surface area (Å²) in [5, 5.41) is 0. The molecule has 2 rings (SSSR count). The maximum atomic E-state index is 12.2. The Hall–Kier alpha value is -2.17. The molecule has 0 aliphatic carbocycles. The topological polar surface area (TPSA) is 57.7 Å². The Morgan fingerprint density at radius 1 is 1.37 bits per heavy atom. The highest BCUT2D eigenvalue weighted by molar-refractivity contribution is 6.04. The van der Waals surface area contributed by atoms with E-state index in [1.165, 1.54) is 16.7 Å². The number of carbonyl (C=O) groups is 3. The number of rotatable bonds is 3. The molecule has 0 fully saturated rings. The van der Waals surface area contributed by atoms with E-state index in [9.17, 15) is 14.4 Å². The smallest absolute Gasteiger partial charge is 0.229 e. The number of anilines is 2. The van der Waals surface area contributed by atoms with Crippen molar-refractivity contribution in [2.75, 3.05) is 16.3 Å². The molecule has 1 aromatic rings. The van der Waals surface area contributed by atoms with E-state index in [0.717, 1.165) is 6.41 Å². The van der Waals surface area contributed by atoms with Crippen LogP contribution in [0.2, 0.25) is 0 Å². The van der Waals surface area contributed by atoms with Crippen LogP contribution >= 0.6 is 0 Å². The van der Waals surface area contributed by atoms with Crippen LogP contribution in [-0.4, -0.2) is 30.7 Å². The van der Waals surface area contributed by atoms with Crippen LogP contribution in [0.25, 0.3) is 0 Å². The summed E-state index contributed by atoms with van der Waals surface area (Å²) in [4.78, 5) is 37.8. The molecule has 0 aromatic heterocycles. The molecule has 0 spiro atoms. The van der Waals surface area contributed by atoms with Crippen molar-refractivity contribution in [3.8, 4) is 0 Å². The minimum atomic E-state index is -0.219. The maximum Gasteiger partial charge on any atom is 0.229 e. The normalized spacial score (nSPS) is 18.8. The van der Waals surface area contributed by atoms with Crippen molar-refractivity contribution in [2.45, 2.75) is 26.3 Å². The fourth-order valence-electron chi connectivity index (χ4n) is 2.30. The zero-order chi connectivity index (χ0) is 14.0. The van der Waals surface area contributed by atoms with Gasteiger partial charge in [0.05, 0.1) is 17.9 Å². The molecule has 0 bridgehead atoms. The highest BCUT2D eigenvalue weighted by atomic mass is 16.2. The largest absolute Gasteiger partial charge is 0.310 e. The summed E-state index contributed by atoms with van der Waals surface area (Å²) in [5.41, 5.74) is 1.27. The Balaban J connectivity index is 2.54. The van der Waals surface area contributed by atoms with Crippen LogP contribution in [0.15, 0.2) is 24.3 Å². The third kappa shape index (κ3) is 2.50. The molecule has 1 aliphatic rings. The van der Waals surface area contributed by atoms with Crippen molar-refractivity contribution in [2.24, 2.45) is 0 Å². The van der Waals surface area contributed by atoms with Crippen molar-refractivity contribution < 1.29 is 14.4 Å². The number of para-hydroxylation sites is 2. The van der Waals surface area contributed by atoms with E-state index >= 15 is 0 Å². The summed E-state index contributed by atoms with van der Waals surface area (Å²) in [6.45, 7) is 3.30. The molecule has 1 aliphatic heterocycles. The molecule has 1 atom stereocenters. The Morgan fingerprint density at radius 2 is 2.00 bits per heavy atom. The van der Waals surface area contributed by atoms with Gasteiger partial charge in [-0.15, -0.1) is 0 Å². The van der Waals surface area contributed by atoms with Crippen LogP contribution < -0.4 is 9.80 Å². The highest BCUT2D eigenvalue weighted by Crippen LogP contribution is 2.33. The third-order valence-electron chi connectivity index (χ3n) is 3.19. The molecular formula is C14H16N2O3. The average Bonchev–Trinajstić information content (AvgIpc) is 2.45. The number of hydrogen-bond donors (Lipinski definition) is 0. The molecule has 0 N–H and O–H groups in total. The van der Waals surface area contributed by atoms with E-state index in [4.69, 9.17) is 0 Å². The van der Waals surface area contributed by atoms with E-state index in [2.05, 4.69) is 0 Å². The summed E-state index contributed by atoms with van der Waals surface area (Å²) in [7, 11) is 0. The first-order chi connectivity index (χ1) is 9.04. The zero-order valence-electron chi connectivity index (χ0n) is 11.0. The van der Waals surface area contributed by atoms with Gasteiger partial charge in [0.1, 0.15) is 5.78 Å². The van der Waals surface area contributed by atoms with Crippen LogP contribution in [0.4, 0.5) is 11.4 Å². The van der Waals surface area contributed by atoms with Gasteiger partial charge in [0.2, 0.25) is 12.3 Å². The van der Waals surface area contributed by atoms with Crippen LogP contribution in [0.5, 0.6) is 0 Å². The van der Waals surface area contributed by atoms with Gasteiger partial charge in [-0.2, -0.15) is 0 Å². The lowest BCUT2D eigenvalue weighted by Gasteiger charge is -2.24. The number of benzene rings is 1. The quantitative estimate of drug-likeness (QED) is 0.771. The second-order valence-electron chi connectivity index (χ2n) is 4.74. The number of fused-ring (bicyclic) bond motifs is 1. The first-order valence-corrected chi connectivity index (χ1v) is 6.17. The summed E-state index contributed by atoms with van der Waals surface area (Å²) in [5.74, 6) is -0.227. The van der Waals surface area contributed by atoms with Crippen LogP contribution in [0.1, 0.15) is 20.3 Å². The highest BCUT2D eigenvalue weighted by Gasteiger charge is 2.30. The molecule has 19 heavy (non-hydrogen) atoms. The van der Waals surface area contributed by atoms with Crippen molar-refractivity contribution in [3.63, 3.8) is 0 Å². The molecule has 2 amide bonds. The minimum absolute atomic E-state index is 0.0370. The molecule has 1 aromatic carbocycles. The van der Waals surface area contributed by atoms with E-state index in [-0.39, 0.29) is 30.7 Å². The van der Waals surface area contributed by atoms with Gasteiger partial charge < -0.3 is 9.80 Å². The number of amides is 2. The molecule has 1 unspecified atom stereocenters. The monoisotopic (exact) mass is 260 g/mol. The lowest BCUT2D eigenvalue weighted by Crippen LogP contribution is -2.36. The second-order valence-corrected chi connectivity index (χ2v) is 4.74. The fraction of sp³-hybridized carbons (Fsp3) is 0.357. The predicted octanol–water partition coefficient (Wildman–Crippen LogP) is 1.36. The Bertz CT molecular complexity index is 527. The molecule has 100 valence electrons. The molecular weight excluding hydrogens is 244 g/mol. The van der Waals surface area contributed by atoms with Gasteiger partial charge in [-0.25, -0.2) is 0 Å². The molecule has 0 saturated heterocycles. The Kier molecular flexibility index (Phi) is 3.64. The van der Waals surface area contributed by atoms with Crippen molar-refractivity contribution in [1.29, 1.82) is 0 Å². The molecule has 5 nitrogen and oxygen atoms in total. The molecule has 0 saturated carbocycles. The van der Waals surface area contributed by atoms with Gasteiger partial charge in [-0.3, -0.25) is 14.4 Å². The summed E-state index contributed by atoms with van der Waals surface area (Å²) < 4.78 is 0. The third-order valence-corrected chi connectivity index (χ3v) is 3.19. The SMILES string of the molecule is CC(=O)CN1C(=O)CC(C)N(C=O)c2ccccc21. The van der Waals surface area contributed by atoms with Crippen LogP contribution in [-0.2, 0) is 14.4 Å². The lowest BCUT2D eigenvalue weighted by molar-refractivity contribution is -0.122.